The molecule has 3 aliphatic heterocycles. The van der Waals surface area contributed by atoms with Crippen molar-refractivity contribution in [1.82, 2.24) is 19.8 Å². The van der Waals surface area contributed by atoms with Crippen LogP contribution in [0.2, 0.25) is 0 Å². The molecule has 0 spiro atoms. The molecule has 0 atom stereocenters. The molecule has 0 saturated carbocycles. The molecule has 1 aromatic heterocycles. The smallest absolute Gasteiger partial charge is 0.330 e. The van der Waals surface area contributed by atoms with Crippen LogP contribution in [0.5, 0.6) is 11.5 Å². The number of likely N-dealkylation sites (tertiary alicyclic amines) is 1. The molecule has 2 aromatic carbocycles. The van der Waals surface area contributed by atoms with E-state index in [0.717, 1.165) is 35.4 Å². The van der Waals surface area contributed by atoms with Gasteiger partial charge in [-0.25, -0.2) is 18.6 Å². The Morgan fingerprint density at radius 2 is 1.70 bits per heavy atom. The van der Waals surface area contributed by atoms with E-state index in [1.54, 1.807) is 17.2 Å². The minimum absolute atomic E-state index is 0.113. The number of methoxy groups -OCH3 is 2. The molecule has 2 fully saturated rings. The van der Waals surface area contributed by atoms with E-state index in [1.165, 1.54) is 19.1 Å². The Morgan fingerprint density at radius 1 is 1.04 bits per heavy atom. The highest BCUT2D eigenvalue weighted by atomic mass is 19.1. The Morgan fingerprint density at radius 3 is 2.32 bits per heavy atom. The van der Waals surface area contributed by atoms with E-state index in [1.807, 2.05) is 49.3 Å². The molecule has 3 aliphatic rings. The Kier molecular flexibility index (Phi) is 10.6. The summed E-state index contributed by atoms with van der Waals surface area (Å²) >= 11 is 0. The van der Waals surface area contributed by atoms with Gasteiger partial charge in [-0.1, -0.05) is 6.08 Å². The first-order chi connectivity index (χ1) is 24.2. The molecular weight excluding hydrogens is 650 g/mol. The largest absolute Gasteiger partial charge is 0.493 e. The maximum atomic E-state index is 15.8. The van der Waals surface area contributed by atoms with Gasteiger partial charge in [0.15, 0.2) is 23.1 Å². The topological polar surface area (TPSA) is 116 Å². The van der Waals surface area contributed by atoms with Crippen LogP contribution < -0.4 is 29.5 Å². The number of anilines is 5. The first-order valence-electron chi connectivity index (χ1n) is 16.5. The Hall–Kier alpha value is -5.02. The third kappa shape index (κ3) is 7.28. The van der Waals surface area contributed by atoms with Crippen LogP contribution in [-0.4, -0.2) is 112 Å². The van der Waals surface area contributed by atoms with E-state index >= 15 is 8.78 Å². The molecule has 3 aromatic rings. The number of aromatic nitrogens is 2. The van der Waals surface area contributed by atoms with Crippen LogP contribution in [0.1, 0.15) is 18.4 Å². The van der Waals surface area contributed by atoms with Gasteiger partial charge in [0.05, 0.1) is 34.0 Å². The maximum Gasteiger partial charge on any atom is 0.330 e. The van der Waals surface area contributed by atoms with Crippen molar-refractivity contribution in [3.63, 3.8) is 0 Å². The molecular formula is C35H42F2N8O5. The summed E-state index contributed by atoms with van der Waals surface area (Å²) in [7, 11) is 6.34. The second-order valence-corrected chi connectivity index (χ2v) is 12.5. The minimum atomic E-state index is -1.03. The number of hydrogen-bond acceptors (Lipinski definition) is 10. The number of rotatable bonds is 10. The fourth-order valence-corrected chi connectivity index (χ4v) is 6.37. The number of piperidine rings is 1. The molecule has 6 rings (SSSR count). The van der Waals surface area contributed by atoms with Gasteiger partial charge in [0, 0.05) is 74.0 Å². The van der Waals surface area contributed by atoms with Gasteiger partial charge in [0.2, 0.25) is 11.9 Å². The highest BCUT2D eigenvalue weighted by molar-refractivity contribution is 6.06. The Labute approximate surface area is 290 Å². The lowest BCUT2D eigenvalue weighted by Gasteiger charge is -2.43. The third-order valence-corrected chi connectivity index (χ3v) is 9.03. The summed E-state index contributed by atoms with van der Waals surface area (Å²) in [6, 6.07) is 7.89. The van der Waals surface area contributed by atoms with Crippen molar-refractivity contribution in [2.45, 2.75) is 25.4 Å². The zero-order chi connectivity index (χ0) is 35.4. The van der Waals surface area contributed by atoms with Gasteiger partial charge >= 0.3 is 6.03 Å². The van der Waals surface area contributed by atoms with Crippen LogP contribution in [0.15, 0.2) is 48.7 Å². The van der Waals surface area contributed by atoms with Crippen molar-refractivity contribution >= 4 is 40.8 Å². The molecule has 0 unspecified atom stereocenters. The van der Waals surface area contributed by atoms with Crippen LogP contribution in [0, 0.1) is 11.6 Å². The number of halogens is 2. The summed E-state index contributed by atoms with van der Waals surface area (Å²) in [6.07, 6.45) is 5.77. The van der Waals surface area contributed by atoms with E-state index in [2.05, 4.69) is 15.2 Å². The highest BCUT2D eigenvalue weighted by Gasteiger charge is 2.42. The van der Waals surface area contributed by atoms with Crippen LogP contribution >= 0.6 is 0 Å². The summed E-state index contributed by atoms with van der Waals surface area (Å²) in [5.74, 6) is -2.13. The normalized spacial score (nSPS) is 17.1. The predicted octanol–water partition coefficient (Wildman–Crippen LogP) is 4.41. The van der Waals surface area contributed by atoms with Gasteiger partial charge in [-0.2, -0.15) is 4.98 Å². The summed E-state index contributed by atoms with van der Waals surface area (Å²) in [6.45, 7) is 4.21. The van der Waals surface area contributed by atoms with Gasteiger partial charge in [0.1, 0.15) is 11.5 Å². The van der Waals surface area contributed by atoms with Crippen molar-refractivity contribution < 1.29 is 32.6 Å². The average Bonchev–Trinajstić information content (AvgIpc) is 3.13. The van der Waals surface area contributed by atoms with Crippen molar-refractivity contribution in [2.24, 2.45) is 0 Å². The number of carbonyl (C=O) groups is 2. The van der Waals surface area contributed by atoms with Gasteiger partial charge < -0.3 is 34.2 Å². The second-order valence-electron chi connectivity index (χ2n) is 12.5. The summed E-state index contributed by atoms with van der Waals surface area (Å²) in [4.78, 5) is 45.0. The molecule has 0 bridgehead atoms. The number of fused-ring (bicyclic) bond motifs is 1. The van der Waals surface area contributed by atoms with Crippen LogP contribution in [0.25, 0.3) is 0 Å². The summed E-state index contributed by atoms with van der Waals surface area (Å²) in [5.41, 5.74) is 1.72. The molecule has 1 N–H and O–H groups in total. The maximum absolute atomic E-state index is 15.8. The number of benzene rings is 2. The number of nitrogens with one attached hydrogen (secondary N) is 1. The molecule has 0 aliphatic carbocycles. The van der Waals surface area contributed by atoms with Crippen molar-refractivity contribution in [2.75, 3.05) is 94.3 Å². The third-order valence-electron chi connectivity index (χ3n) is 9.03. The number of urea groups is 1. The zero-order valence-corrected chi connectivity index (χ0v) is 28.7. The number of carbonyl (C=O) groups excluding carboxylic acids is 2. The number of ether oxygens (including phenoxy) is 3. The van der Waals surface area contributed by atoms with E-state index in [0.29, 0.717) is 57.1 Å². The summed E-state index contributed by atoms with van der Waals surface area (Å²) in [5, 5.41) is 3.23. The van der Waals surface area contributed by atoms with Crippen molar-refractivity contribution in [3.05, 3.63) is 65.9 Å². The molecule has 15 heteroatoms. The average molecular weight is 693 g/mol. The number of amides is 3. The fraction of sp³-hybridized carbons (Fsp3) is 0.429. The number of nitrogens with zero attached hydrogens (tertiary/aromatic N) is 7. The quantitative estimate of drug-likeness (QED) is 0.307. The fourth-order valence-electron chi connectivity index (χ4n) is 6.37. The van der Waals surface area contributed by atoms with E-state index in [9.17, 15) is 9.59 Å². The molecule has 4 heterocycles. The monoisotopic (exact) mass is 692 g/mol. The molecule has 266 valence electrons. The van der Waals surface area contributed by atoms with Crippen LogP contribution in [0.3, 0.4) is 0 Å². The zero-order valence-electron chi connectivity index (χ0n) is 28.7. The molecule has 3 amide bonds. The second kappa shape index (κ2) is 15.3. The van der Waals surface area contributed by atoms with Gasteiger partial charge in [0.25, 0.3) is 0 Å². The number of likely N-dealkylation sites (N-methyl/N-ethyl adjacent to an activating group) is 1. The highest BCUT2D eigenvalue weighted by Crippen LogP contribution is 2.42. The predicted molar refractivity (Wildman–Crippen MR) is 186 cm³/mol. The number of hydrogen-bond donors (Lipinski definition) is 1. The minimum Gasteiger partial charge on any atom is -0.493 e. The number of morpholine rings is 1. The standard InChI is InChI=1S/C35H42F2N8O5/c1-41(2)13-5-6-29(46)43-14-11-26(12-15-43)45-33-23(22-44(35(45)47)32-30(36)27(48-3)20-28(49-4)31(32)37)21-38-34(40-33)39-24-7-9-25(10-8-24)42-16-18-50-19-17-42/h5-10,20-21,26H,11-19,22H2,1-4H3,(H,38,39,40)/b6-5+. The molecule has 13 nitrogen and oxygen atoms in total. The van der Waals surface area contributed by atoms with Gasteiger partial charge in [-0.15, -0.1) is 0 Å². The lowest BCUT2D eigenvalue weighted by atomic mass is 10.0. The summed E-state index contributed by atoms with van der Waals surface area (Å²) < 4.78 is 47.3. The van der Waals surface area contributed by atoms with Crippen LogP contribution in [0.4, 0.5) is 42.4 Å². The van der Waals surface area contributed by atoms with Gasteiger partial charge in [-0.05, 0) is 51.2 Å². The first kappa shape index (κ1) is 34.8. The lowest BCUT2D eigenvalue weighted by Crippen LogP contribution is -2.56. The van der Waals surface area contributed by atoms with Gasteiger partial charge in [-0.3, -0.25) is 14.6 Å². The molecule has 2 saturated heterocycles. The molecule has 0 radical (unpaired) electrons. The van der Waals surface area contributed by atoms with E-state index in [4.69, 9.17) is 19.2 Å². The van der Waals surface area contributed by atoms with Crippen molar-refractivity contribution in [1.29, 1.82) is 0 Å². The Bertz CT molecular complexity index is 1700. The van der Waals surface area contributed by atoms with Crippen molar-refractivity contribution in [3.8, 4) is 11.5 Å². The first-order valence-corrected chi connectivity index (χ1v) is 16.5. The lowest BCUT2D eigenvalue weighted by molar-refractivity contribution is -0.127. The van der Waals surface area contributed by atoms with Crippen LogP contribution in [-0.2, 0) is 16.1 Å². The Balaban J connectivity index is 1.30. The van der Waals surface area contributed by atoms with E-state index in [-0.39, 0.29) is 29.9 Å². The molecule has 50 heavy (non-hydrogen) atoms. The van der Waals surface area contributed by atoms with E-state index < -0.39 is 29.4 Å². The SMILES string of the molecule is COc1cc(OC)c(F)c(N2Cc3cnc(Nc4ccc(N5CCOCC5)cc4)nc3N(C3CCN(C(=O)/C=C/CN(C)C)CC3)C2=O)c1F.